The minimum absolute atomic E-state index is 0.0371. The number of hydrogen-bond donors (Lipinski definition) is 1. The number of hydrogen-bond acceptors (Lipinski definition) is 1. The number of halogens is 7. The van der Waals surface area contributed by atoms with Crippen LogP contribution in [-0.4, -0.2) is 28.7 Å². The normalized spacial score (nSPS) is 40.9. The van der Waals surface area contributed by atoms with Crippen molar-refractivity contribution < 1.29 is 35.8 Å². The van der Waals surface area contributed by atoms with Crippen molar-refractivity contribution in [2.24, 2.45) is 23.7 Å². The smallest absolute Gasteiger partial charge is 0.371 e. The minimum Gasteiger partial charge on any atom is -0.371 e. The van der Waals surface area contributed by atoms with Crippen LogP contribution < -0.4 is 0 Å². The highest BCUT2D eigenvalue weighted by Crippen LogP contribution is 2.67. The van der Waals surface area contributed by atoms with Gasteiger partial charge in [-0.2, -0.15) is 26.3 Å². The lowest BCUT2D eigenvalue weighted by Crippen LogP contribution is -2.71. The molecule has 1 nitrogen and oxygen atoms in total. The highest BCUT2D eigenvalue weighted by Gasteiger charge is 2.84. The fourth-order valence-corrected chi connectivity index (χ4v) is 4.57. The lowest BCUT2D eigenvalue weighted by Gasteiger charge is -2.48. The summed E-state index contributed by atoms with van der Waals surface area (Å²) in [6.07, 6.45) is -12.6. The zero-order chi connectivity index (χ0) is 16.4. The fraction of sp³-hybridized carbons (Fsp3) is 1.00. The molecule has 124 valence electrons. The zero-order valence-electron chi connectivity index (χ0n) is 11.5. The minimum atomic E-state index is -6.11. The van der Waals surface area contributed by atoms with Crippen LogP contribution in [0.1, 0.15) is 33.1 Å². The lowest BCUT2D eigenvalue weighted by molar-refractivity contribution is -0.410. The third-order valence-corrected chi connectivity index (χ3v) is 5.51. The van der Waals surface area contributed by atoms with Crippen molar-refractivity contribution in [3.05, 3.63) is 0 Å². The Labute approximate surface area is 117 Å². The summed E-state index contributed by atoms with van der Waals surface area (Å²) in [5.74, 6) is -2.68. The van der Waals surface area contributed by atoms with Crippen LogP contribution in [0.5, 0.6) is 0 Å². The van der Waals surface area contributed by atoms with E-state index in [-0.39, 0.29) is 12.3 Å². The molecule has 2 aliphatic carbocycles. The van der Waals surface area contributed by atoms with E-state index in [0.717, 1.165) is 0 Å². The summed E-state index contributed by atoms with van der Waals surface area (Å²) in [5.41, 5.74) is -9.02. The van der Waals surface area contributed by atoms with Crippen molar-refractivity contribution in [3.8, 4) is 0 Å². The van der Waals surface area contributed by atoms with Gasteiger partial charge in [-0.1, -0.05) is 20.3 Å². The molecule has 0 heterocycles. The Morgan fingerprint density at radius 3 is 1.90 bits per heavy atom. The molecule has 0 aromatic heterocycles. The van der Waals surface area contributed by atoms with Crippen LogP contribution in [0, 0.1) is 23.7 Å². The standard InChI is InChI=1S/C13H17F7O/c1-3-8-6(2)9-4-7(8)5-10(9,14)11(21,12(15,16)17)13(18,19)20/h6-9,21H,3-5H2,1-2H3. The Morgan fingerprint density at radius 2 is 1.57 bits per heavy atom. The van der Waals surface area contributed by atoms with Crippen LogP contribution in [0.4, 0.5) is 30.7 Å². The van der Waals surface area contributed by atoms with Crippen LogP contribution >= 0.6 is 0 Å². The first-order valence-corrected chi connectivity index (χ1v) is 6.86. The van der Waals surface area contributed by atoms with Gasteiger partial charge in [0.15, 0.2) is 5.67 Å². The van der Waals surface area contributed by atoms with E-state index in [4.69, 9.17) is 0 Å². The van der Waals surface area contributed by atoms with Crippen LogP contribution in [-0.2, 0) is 0 Å². The third-order valence-electron chi connectivity index (χ3n) is 5.51. The van der Waals surface area contributed by atoms with Crippen molar-refractivity contribution in [2.45, 2.75) is 56.7 Å². The molecule has 2 fully saturated rings. The number of aliphatic hydroxyl groups is 1. The van der Waals surface area contributed by atoms with Crippen LogP contribution in [0.15, 0.2) is 0 Å². The maximum absolute atomic E-state index is 14.9. The van der Waals surface area contributed by atoms with E-state index in [1.165, 1.54) is 6.92 Å². The maximum atomic E-state index is 14.9. The summed E-state index contributed by atoms with van der Waals surface area (Å²) in [5, 5.41) is 9.42. The predicted molar refractivity (Wildman–Crippen MR) is 60.1 cm³/mol. The second-order valence-electron chi connectivity index (χ2n) is 6.31. The largest absolute Gasteiger partial charge is 0.429 e. The molecule has 2 rings (SSSR count). The molecule has 0 radical (unpaired) electrons. The van der Waals surface area contributed by atoms with Gasteiger partial charge in [0.2, 0.25) is 0 Å². The first-order chi connectivity index (χ1) is 9.31. The first-order valence-electron chi connectivity index (χ1n) is 6.86. The topological polar surface area (TPSA) is 20.2 Å². The lowest BCUT2D eigenvalue weighted by atomic mass is 9.65. The van der Waals surface area contributed by atoms with E-state index < -0.39 is 47.8 Å². The molecule has 2 bridgehead atoms. The van der Waals surface area contributed by atoms with Crippen molar-refractivity contribution in [1.29, 1.82) is 0 Å². The highest BCUT2D eigenvalue weighted by molar-refractivity contribution is 5.20. The number of alkyl halides is 7. The molecule has 8 heteroatoms. The summed E-state index contributed by atoms with van der Waals surface area (Å²) in [6.45, 7) is 3.25. The number of fused-ring (bicyclic) bond motifs is 2. The molecule has 0 amide bonds. The summed E-state index contributed by atoms with van der Waals surface area (Å²) in [7, 11) is 0. The van der Waals surface area contributed by atoms with Gasteiger partial charge in [0.25, 0.3) is 5.60 Å². The second kappa shape index (κ2) is 4.49. The van der Waals surface area contributed by atoms with Gasteiger partial charge in [-0.15, -0.1) is 0 Å². The monoisotopic (exact) mass is 322 g/mol. The Kier molecular flexibility index (Phi) is 3.60. The molecule has 2 saturated carbocycles. The summed E-state index contributed by atoms with van der Waals surface area (Å²) >= 11 is 0. The Morgan fingerprint density at radius 1 is 1.10 bits per heavy atom. The van der Waals surface area contributed by atoms with Gasteiger partial charge in [-0.3, -0.25) is 0 Å². The van der Waals surface area contributed by atoms with E-state index in [0.29, 0.717) is 6.42 Å². The quantitative estimate of drug-likeness (QED) is 0.754. The summed E-state index contributed by atoms with van der Waals surface area (Å²) < 4.78 is 92.4. The van der Waals surface area contributed by atoms with E-state index in [1.807, 2.05) is 0 Å². The van der Waals surface area contributed by atoms with Gasteiger partial charge < -0.3 is 5.11 Å². The molecule has 0 aromatic carbocycles. The average Bonchev–Trinajstić information content (AvgIpc) is 2.79. The van der Waals surface area contributed by atoms with E-state index in [9.17, 15) is 35.8 Å². The molecule has 0 aliphatic heterocycles. The van der Waals surface area contributed by atoms with Crippen molar-refractivity contribution in [3.63, 3.8) is 0 Å². The van der Waals surface area contributed by atoms with Crippen molar-refractivity contribution in [2.75, 3.05) is 0 Å². The van der Waals surface area contributed by atoms with Crippen LogP contribution in [0.2, 0.25) is 0 Å². The molecule has 0 spiro atoms. The van der Waals surface area contributed by atoms with E-state index in [2.05, 4.69) is 0 Å². The van der Waals surface area contributed by atoms with E-state index in [1.54, 1.807) is 6.92 Å². The van der Waals surface area contributed by atoms with Crippen molar-refractivity contribution >= 4 is 0 Å². The molecule has 5 unspecified atom stereocenters. The molecule has 5 atom stereocenters. The van der Waals surface area contributed by atoms with Gasteiger partial charge in [0, 0.05) is 0 Å². The van der Waals surface area contributed by atoms with Crippen LogP contribution in [0.3, 0.4) is 0 Å². The number of rotatable bonds is 2. The Hall–Kier alpha value is -0.530. The summed E-state index contributed by atoms with van der Waals surface area (Å²) in [4.78, 5) is 0. The van der Waals surface area contributed by atoms with Crippen molar-refractivity contribution in [1.82, 2.24) is 0 Å². The van der Waals surface area contributed by atoms with Gasteiger partial charge in [0.05, 0.1) is 0 Å². The molecular formula is C13H17F7O. The van der Waals surface area contributed by atoms with Gasteiger partial charge in [-0.05, 0) is 36.5 Å². The van der Waals surface area contributed by atoms with Crippen LogP contribution in [0.25, 0.3) is 0 Å². The SMILES string of the molecule is CCC1C2CC(C1C)C(F)(C(O)(C(F)(F)F)C(F)(F)F)C2. The first kappa shape index (κ1) is 16.8. The van der Waals surface area contributed by atoms with Gasteiger partial charge in [-0.25, -0.2) is 4.39 Å². The molecule has 1 N–H and O–H groups in total. The molecular weight excluding hydrogens is 305 g/mol. The molecule has 2 aliphatic rings. The Bertz CT molecular complexity index is 400. The Balaban J connectivity index is 2.49. The highest BCUT2D eigenvalue weighted by atomic mass is 19.4. The predicted octanol–water partition coefficient (Wildman–Crippen LogP) is 4.25. The van der Waals surface area contributed by atoms with Gasteiger partial charge in [0.1, 0.15) is 0 Å². The zero-order valence-corrected chi connectivity index (χ0v) is 11.5. The second-order valence-corrected chi connectivity index (χ2v) is 6.31. The molecule has 0 aromatic rings. The summed E-state index contributed by atoms with van der Waals surface area (Å²) in [6, 6.07) is 0. The van der Waals surface area contributed by atoms with Gasteiger partial charge >= 0.3 is 12.4 Å². The fourth-order valence-electron chi connectivity index (χ4n) is 4.57. The molecule has 21 heavy (non-hydrogen) atoms. The molecule has 0 saturated heterocycles. The third kappa shape index (κ3) is 1.93. The average molecular weight is 322 g/mol. The maximum Gasteiger partial charge on any atom is 0.429 e. The van der Waals surface area contributed by atoms with E-state index >= 15 is 0 Å².